The fourth-order valence-corrected chi connectivity index (χ4v) is 0.203. The molecule has 0 bridgehead atoms. The minimum absolute atomic E-state index is 0.128. The van der Waals surface area contributed by atoms with Crippen LogP contribution < -0.4 is 0 Å². The molecule has 0 heterocycles. The van der Waals surface area contributed by atoms with Gasteiger partial charge in [0, 0.05) is 11.3 Å². The second-order valence-electron chi connectivity index (χ2n) is 1.07. The summed E-state index contributed by atoms with van der Waals surface area (Å²) in [7, 11) is 0. The summed E-state index contributed by atoms with van der Waals surface area (Å²) in [5.41, 5.74) is 0.128. The minimum atomic E-state index is -0.977. The van der Waals surface area contributed by atoms with Crippen molar-refractivity contribution in [1.82, 2.24) is 0 Å². The summed E-state index contributed by atoms with van der Waals surface area (Å²) in [5, 5.41) is 8.03. The standard InChI is InChI=1S/C4H6O2S/c1-3(2-7)4(5)6/h7H,1-2H2,(H,5,6). The summed E-state index contributed by atoms with van der Waals surface area (Å²) in [5.74, 6) is -0.759. The van der Waals surface area contributed by atoms with Gasteiger partial charge < -0.3 is 5.11 Å². The van der Waals surface area contributed by atoms with E-state index in [1.165, 1.54) is 0 Å². The van der Waals surface area contributed by atoms with Crippen LogP contribution in [0, 0.1) is 0 Å². The highest BCUT2D eigenvalue weighted by atomic mass is 32.1. The normalized spacial score (nSPS) is 8.14. The molecular formula is C4H6O2S. The minimum Gasteiger partial charge on any atom is -0.478 e. The quantitative estimate of drug-likeness (QED) is 0.410. The van der Waals surface area contributed by atoms with Crippen LogP contribution in [0.4, 0.5) is 0 Å². The van der Waals surface area contributed by atoms with Crippen LogP contribution in [0.25, 0.3) is 0 Å². The van der Waals surface area contributed by atoms with Crippen LogP contribution in [-0.4, -0.2) is 16.8 Å². The molecule has 0 aliphatic rings. The van der Waals surface area contributed by atoms with E-state index in [2.05, 4.69) is 19.2 Å². The van der Waals surface area contributed by atoms with Crippen molar-refractivity contribution in [3.8, 4) is 0 Å². The highest BCUT2D eigenvalue weighted by Gasteiger charge is 1.97. The third-order valence-corrected chi connectivity index (χ3v) is 0.875. The molecule has 0 aliphatic carbocycles. The Bertz CT molecular complexity index is 97.9. The predicted octanol–water partition coefficient (Wildman–Crippen LogP) is 0.557. The SMILES string of the molecule is C=C(CS)C(=O)O. The van der Waals surface area contributed by atoms with Crippen molar-refractivity contribution in [1.29, 1.82) is 0 Å². The van der Waals surface area contributed by atoms with E-state index in [0.717, 1.165) is 0 Å². The number of carboxylic acids is 1. The topological polar surface area (TPSA) is 37.3 Å². The molecule has 0 fully saturated rings. The second-order valence-corrected chi connectivity index (χ2v) is 1.38. The Morgan fingerprint density at radius 2 is 2.29 bits per heavy atom. The first kappa shape index (κ1) is 6.56. The zero-order chi connectivity index (χ0) is 5.86. The first-order chi connectivity index (χ1) is 3.18. The molecule has 0 radical (unpaired) electrons. The van der Waals surface area contributed by atoms with Crippen molar-refractivity contribution in [3.63, 3.8) is 0 Å². The molecule has 0 amide bonds. The zero-order valence-corrected chi connectivity index (χ0v) is 4.61. The molecule has 0 spiro atoms. The number of hydrogen-bond donors (Lipinski definition) is 2. The van der Waals surface area contributed by atoms with Gasteiger partial charge in [0.15, 0.2) is 0 Å². The number of carbonyl (C=O) groups is 1. The van der Waals surface area contributed by atoms with E-state index < -0.39 is 5.97 Å². The molecule has 40 valence electrons. The molecule has 0 aliphatic heterocycles. The van der Waals surface area contributed by atoms with Gasteiger partial charge in [-0.25, -0.2) is 4.79 Å². The molecule has 0 aromatic heterocycles. The van der Waals surface area contributed by atoms with Gasteiger partial charge >= 0.3 is 5.97 Å². The van der Waals surface area contributed by atoms with Gasteiger partial charge in [-0.05, 0) is 0 Å². The van der Waals surface area contributed by atoms with Crippen molar-refractivity contribution in [2.75, 3.05) is 5.75 Å². The van der Waals surface area contributed by atoms with Crippen molar-refractivity contribution < 1.29 is 9.90 Å². The van der Waals surface area contributed by atoms with E-state index in [4.69, 9.17) is 5.11 Å². The average Bonchev–Trinajstić information content (AvgIpc) is 1.65. The van der Waals surface area contributed by atoms with Gasteiger partial charge in [-0.2, -0.15) is 12.6 Å². The Morgan fingerprint density at radius 3 is 2.29 bits per heavy atom. The Labute approximate surface area is 47.3 Å². The van der Waals surface area contributed by atoms with Crippen LogP contribution in [0.5, 0.6) is 0 Å². The van der Waals surface area contributed by atoms with Gasteiger partial charge in [-0.1, -0.05) is 6.58 Å². The molecule has 2 nitrogen and oxygen atoms in total. The summed E-state index contributed by atoms with van der Waals surface area (Å²) < 4.78 is 0. The molecule has 7 heavy (non-hydrogen) atoms. The van der Waals surface area contributed by atoms with E-state index in [9.17, 15) is 4.79 Å². The van der Waals surface area contributed by atoms with E-state index in [0.29, 0.717) is 0 Å². The Hall–Kier alpha value is -0.440. The largest absolute Gasteiger partial charge is 0.478 e. The van der Waals surface area contributed by atoms with Crippen molar-refractivity contribution in [3.05, 3.63) is 12.2 Å². The van der Waals surface area contributed by atoms with Gasteiger partial charge in [-0.3, -0.25) is 0 Å². The summed E-state index contributed by atoms with van der Waals surface area (Å²) in [6.45, 7) is 3.20. The average molecular weight is 118 g/mol. The van der Waals surface area contributed by atoms with Crippen LogP contribution >= 0.6 is 12.6 Å². The van der Waals surface area contributed by atoms with Gasteiger partial charge in [0.25, 0.3) is 0 Å². The molecule has 0 saturated carbocycles. The molecule has 0 aromatic rings. The number of carboxylic acid groups (broad SMARTS) is 1. The third kappa shape index (κ3) is 2.28. The third-order valence-electron chi connectivity index (χ3n) is 0.493. The van der Waals surface area contributed by atoms with Crippen LogP contribution in [0.2, 0.25) is 0 Å². The fraction of sp³-hybridized carbons (Fsp3) is 0.250. The van der Waals surface area contributed by atoms with E-state index >= 15 is 0 Å². The highest BCUT2D eigenvalue weighted by Crippen LogP contribution is 1.90. The molecule has 0 aromatic carbocycles. The number of hydrogen-bond acceptors (Lipinski definition) is 2. The summed E-state index contributed by atoms with van der Waals surface area (Å²) in [6, 6.07) is 0. The maximum absolute atomic E-state index is 9.78. The van der Waals surface area contributed by atoms with Crippen molar-refractivity contribution >= 4 is 18.6 Å². The first-order valence-electron chi connectivity index (χ1n) is 1.70. The van der Waals surface area contributed by atoms with Crippen LogP contribution in [0.3, 0.4) is 0 Å². The number of thiol groups is 1. The Kier molecular flexibility index (Phi) is 2.52. The van der Waals surface area contributed by atoms with Crippen molar-refractivity contribution in [2.45, 2.75) is 0 Å². The number of rotatable bonds is 2. The molecule has 0 atom stereocenters. The highest BCUT2D eigenvalue weighted by molar-refractivity contribution is 7.80. The molecule has 0 saturated heterocycles. The Balaban J connectivity index is 3.58. The molecule has 1 N–H and O–H groups in total. The lowest BCUT2D eigenvalue weighted by molar-refractivity contribution is -0.132. The zero-order valence-electron chi connectivity index (χ0n) is 3.72. The second kappa shape index (κ2) is 2.69. The van der Waals surface area contributed by atoms with Crippen LogP contribution in [-0.2, 0) is 4.79 Å². The lowest BCUT2D eigenvalue weighted by Gasteiger charge is -1.87. The molecular weight excluding hydrogens is 112 g/mol. The molecule has 3 heteroatoms. The maximum atomic E-state index is 9.78. The smallest absolute Gasteiger partial charge is 0.331 e. The van der Waals surface area contributed by atoms with Gasteiger partial charge in [0.2, 0.25) is 0 Å². The van der Waals surface area contributed by atoms with Gasteiger partial charge in [0.1, 0.15) is 0 Å². The predicted molar refractivity (Wildman–Crippen MR) is 30.6 cm³/mol. The monoisotopic (exact) mass is 118 g/mol. The summed E-state index contributed by atoms with van der Waals surface area (Å²) in [4.78, 5) is 9.78. The summed E-state index contributed by atoms with van der Waals surface area (Å²) in [6.07, 6.45) is 0. The van der Waals surface area contributed by atoms with E-state index in [1.807, 2.05) is 0 Å². The molecule has 0 rings (SSSR count). The fourth-order valence-electron chi connectivity index (χ4n) is 0.0676. The maximum Gasteiger partial charge on any atom is 0.331 e. The first-order valence-corrected chi connectivity index (χ1v) is 2.33. The molecule has 0 unspecified atom stereocenters. The summed E-state index contributed by atoms with van der Waals surface area (Å²) >= 11 is 3.67. The van der Waals surface area contributed by atoms with E-state index in [1.54, 1.807) is 0 Å². The van der Waals surface area contributed by atoms with Crippen LogP contribution in [0.1, 0.15) is 0 Å². The lowest BCUT2D eigenvalue weighted by atomic mass is 10.4. The van der Waals surface area contributed by atoms with Gasteiger partial charge in [0.05, 0.1) is 0 Å². The van der Waals surface area contributed by atoms with E-state index in [-0.39, 0.29) is 11.3 Å². The van der Waals surface area contributed by atoms with Gasteiger partial charge in [-0.15, -0.1) is 0 Å². The lowest BCUT2D eigenvalue weighted by Crippen LogP contribution is -1.98. The number of aliphatic carboxylic acids is 1. The van der Waals surface area contributed by atoms with Crippen LogP contribution in [0.15, 0.2) is 12.2 Å². The van der Waals surface area contributed by atoms with Crippen molar-refractivity contribution in [2.24, 2.45) is 0 Å². The Morgan fingerprint density at radius 1 is 1.86 bits per heavy atom.